The summed E-state index contributed by atoms with van der Waals surface area (Å²) < 4.78 is 10.6. The second-order valence-electron chi connectivity index (χ2n) is 5.25. The van der Waals surface area contributed by atoms with Crippen LogP contribution in [-0.2, 0) is 6.54 Å². The summed E-state index contributed by atoms with van der Waals surface area (Å²) in [4.78, 5) is 2.42. The van der Waals surface area contributed by atoms with Crippen LogP contribution in [0.5, 0.6) is 0 Å². The summed E-state index contributed by atoms with van der Waals surface area (Å²) >= 11 is 0. The van der Waals surface area contributed by atoms with Gasteiger partial charge in [-0.25, -0.2) is 0 Å². The molecule has 1 aliphatic heterocycles. The van der Waals surface area contributed by atoms with Gasteiger partial charge < -0.3 is 14.3 Å². The largest absolute Gasteiger partial charge is 0.461 e. The molecular weight excluding hydrogens is 242 g/mol. The van der Waals surface area contributed by atoms with Crippen LogP contribution in [-0.4, -0.2) is 35.2 Å². The van der Waals surface area contributed by atoms with Crippen LogP contribution in [0.1, 0.15) is 19.5 Å². The lowest BCUT2D eigenvalue weighted by Crippen LogP contribution is -2.53. The number of hydrogen-bond acceptors (Lipinski definition) is 5. The van der Waals surface area contributed by atoms with Gasteiger partial charge in [-0.05, 0) is 26.0 Å². The van der Waals surface area contributed by atoms with E-state index in [2.05, 4.69) is 29.2 Å². The van der Waals surface area contributed by atoms with Crippen LogP contribution >= 0.6 is 0 Å². The highest BCUT2D eigenvalue weighted by Crippen LogP contribution is 2.21. The zero-order valence-electron chi connectivity index (χ0n) is 11.3. The lowest BCUT2D eigenvalue weighted by molar-refractivity contribution is 0.135. The maximum atomic E-state index is 5.33. The molecule has 1 saturated heterocycles. The van der Waals surface area contributed by atoms with Crippen molar-refractivity contribution in [3.8, 4) is 11.5 Å². The molecule has 3 heterocycles. The number of nitrogens with zero attached hydrogens (tertiary/aromatic N) is 2. The number of aromatic nitrogens is 1. The normalized spacial score (nSPS) is 24.7. The van der Waals surface area contributed by atoms with Crippen molar-refractivity contribution >= 4 is 0 Å². The molecule has 1 fully saturated rings. The fourth-order valence-corrected chi connectivity index (χ4v) is 2.45. The van der Waals surface area contributed by atoms with Gasteiger partial charge in [0.05, 0.1) is 12.0 Å². The molecule has 2 aromatic heterocycles. The summed E-state index contributed by atoms with van der Waals surface area (Å²) in [5.74, 6) is 1.41. The van der Waals surface area contributed by atoms with E-state index in [0.717, 1.165) is 31.1 Å². The maximum absolute atomic E-state index is 5.33. The average Bonchev–Trinajstić information content (AvgIpc) is 3.04. The van der Waals surface area contributed by atoms with Gasteiger partial charge in [-0.15, -0.1) is 0 Å². The Morgan fingerprint density at radius 3 is 3.11 bits per heavy atom. The molecule has 3 rings (SSSR count). The molecule has 0 aromatic carbocycles. The summed E-state index contributed by atoms with van der Waals surface area (Å²) in [6.07, 6.45) is 1.64. The van der Waals surface area contributed by atoms with Gasteiger partial charge in [-0.1, -0.05) is 5.16 Å². The third-order valence-corrected chi connectivity index (χ3v) is 3.58. The molecule has 5 nitrogen and oxygen atoms in total. The fourth-order valence-electron chi connectivity index (χ4n) is 2.45. The van der Waals surface area contributed by atoms with Crippen molar-refractivity contribution in [2.45, 2.75) is 32.5 Å². The fraction of sp³-hybridized carbons (Fsp3) is 0.500. The highest BCUT2D eigenvalue weighted by Gasteiger charge is 2.23. The Balaban J connectivity index is 1.70. The van der Waals surface area contributed by atoms with E-state index in [-0.39, 0.29) is 0 Å². The lowest BCUT2D eigenvalue weighted by Gasteiger charge is -2.36. The summed E-state index contributed by atoms with van der Waals surface area (Å²) in [7, 11) is 0. The number of nitrogens with one attached hydrogen (secondary N) is 1. The van der Waals surface area contributed by atoms with Gasteiger partial charge >= 0.3 is 0 Å². The van der Waals surface area contributed by atoms with E-state index in [0.29, 0.717) is 17.8 Å². The molecule has 0 saturated carbocycles. The standard InChI is InChI=1S/C14H19N3O2/c1-10-8-17(11(2)7-15-10)9-12-6-14(19-16-12)13-4-3-5-18-13/h3-6,10-11,15H,7-9H2,1-2H3. The van der Waals surface area contributed by atoms with E-state index in [1.54, 1.807) is 6.26 Å². The lowest BCUT2D eigenvalue weighted by atomic mass is 10.1. The zero-order valence-corrected chi connectivity index (χ0v) is 11.3. The smallest absolute Gasteiger partial charge is 0.202 e. The Hall–Kier alpha value is -1.59. The van der Waals surface area contributed by atoms with Gasteiger partial charge in [-0.3, -0.25) is 4.90 Å². The van der Waals surface area contributed by atoms with Crippen molar-refractivity contribution in [1.82, 2.24) is 15.4 Å². The van der Waals surface area contributed by atoms with Crippen LogP contribution < -0.4 is 5.32 Å². The van der Waals surface area contributed by atoms with Crippen LogP contribution in [0.15, 0.2) is 33.4 Å². The number of hydrogen-bond donors (Lipinski definition) is 1. The third kappa shape index (κ3) is 2.72. The number of piperazine rings is 1. The molecule has 2 atom stereocenters. The molecule has 5 heteroatoms. The van der Waals surface area contributed by atoms with E-state index < -0.39 is 0 Å². The van der Waals surface area contributed by atoms with Crippen molar-refractivity contribution in [1.29, 1.82) is 0 Å². The molecule has 0 aliphatic carbocycles. The Morgan fingerprint density at radius 1 is 1.42 bits per heavy atom. The van der Waals surface area contributed by atoms with Crippen molar-refractivity contribution in [3.05, 3.63) is 30.2 Å². The first-order chi connectivity index (χ1) is 9.22. The molecule has 1 aliphatic rings. The van der Waals surface area contributed by atoms with E-state index in [9.17, 15) is 0 Å². The van der Waals surface area contributed by atoms with Crippen LogP contribution in [0.4, 0.5) is 0 Å². The van der Waals surface area contributed by atoms with Gasteiger partial charge in [0.25, 0.3) is 0 Å². The predicted molar refractivity (Wildman–Crippen MR) is 71.5 cm³/mol. The van der Waals surface area contributed by atoms with E-state index in [1.807, 2.05) is 18.2 Å². The summed E-state index contributed by atoms with van der Waals surface area (Å²) in [6, 6.07) is 6.71. The first kappa shape index (κ1) is 12.4. The highest BCUT2D eigenvalue weighted by molar-refractivity contribution is 5.49. The summed E-state index contributed by atoms with van der Waals surface area (Å²) in [5.41, 5.74) is 0.951. The van der Waals surface area contributed by atoms with Crippen molar-refractivity contribution in [2.24, 2.45) is 0 Å². The third-order valence-electron chi connectivity index (χ3n) is 3.58. The van der Waals surface area contributed by atoms with Crippen molar-refractivity contribution < 1.29 is 8.94 Å². The minimum Gasteiger partial charge on any atom is -0.461 e. The minimum absolute atomic E-state index is 0.514. The predicted octanol–water partition coefficient (Wildman–Crippen LogP) is 2.12. The zero-order chi connectivity index (χ0) is 13.2. The Labute approximate surface area is 112 Å². The minimum atomic E-state index is 0.514. The van der Waals surface area contributed by atoms with E-state index >= 15 is 0 Å². The van der Waals surface area contributed by atoms with Gasteiger partial charge in [0, 0.05) is 37.8 Å². The molecule has 102 valence electrons. The molecular formula is C14H19N3O2. The second kappa shape index (κ2) is 5.19. The molecule has 1 N–H and O–H groups in total. The Kier molecular flexibility index (Phi) is 3.40. The molecule has 19 heavy (non-hydrogen) atoms. The molecule has 0 spiro atoms. The van der Waals surface area contributed by atoms with Crippen LogP contribution in [0, 0.1) is 0 Å². The van der Waals surface area contributed by atoms with E-state index in [4.69, 9.17) is 8.94 Å². The molecule has 2 unspecified atom stereocenters. The van der Waals surface area contributed by atoms with Crippen LogP contribution in [0.25, 0.3) is 11.5 Å². The van der Waals surface area contributed by atoms with Gasteiger partial charge in [-0.2, -0.15) is 0 Å². The van der Waals surface area contributed by atoms with E-state index in [1.165, 1.54) is 0 Å². The topological polar surface area (TPSA) is 54.4 Å². The van der Waals surface area contributed by atoms with Gasteiger partial charge in [0.1, 0.15) is 0 Å². The number of rotatable bonds is 3. The summed E-state index contributed by atoms with van der Waals surface area (Å²) in [6.45, 7) is 7.30. The van der Waals surface area contributed by atoms with Gasteiger partial charge in [0.15, 0.2) is 5.76 Å². The second-order valence-corrected chi connectivity index (χ2v) is 5.25. The quantitative estimate of drug-likeness (QED) is 0.917. The molecule has 0 bridgehead atoms. The molecule has 2 aromatic rings. The summed E-state index contributed by atoms with van der Waals surface area (Å²) in [5, 5.41) is 7.60. The first-order valence-corrected chi connectivity index (χ1v) is 6.69. The molecule has 0 amide bonds. The van der Waals surface area contributed by atoms with Gasteiger partial charge in [0.2, 0.25) is 5.76 Å². The SMILES string of the molecule is CC1CN(Cc2cc(-c3ccco3)on2)C(C)CN1. The van der Waals surface area contributed by atoms with Crippen LogP contribution in [0.3, 0.4) is 0 Å². The van der Waals surface area contributed by atoms with Crippen LogP contribution in [0.2, 0.25) is 0 Å². The van der Waals surface area contributed by atoms with Crippen molar-refractivity contribution in [3.63, 3.8) is 0 Å². The number of furan rings is 1. The Bertz CT molecular complexity index is 521. The Morgan fingerprint density at radius 2 is 2.32 bits per heavy atom. The average molecular weight is 261 g/mol. The first-order valence-electron chi connectivity index (χ1n) is 6.69. The highest BCUT2D eigenvalue weighted by atomic mass is 16.5. The maximum Gasteiger partial charge on any atom is 0.202 e. The van der Waals surface area contributed by atoms with Crippen molar-refractivity contribution in [2.75, 3.05) is 13.1 Å². The molecule has 0 radical (unpaired) electrons. The monoisotopic (exact) mass is 261 g/mol.